The minimum absolute atomic E-state index is 0.0851. The number of likely N-dealkylation sites (N-methyl/N-ethyl adjacent to an activating group) is 1. The van der Waals surface area contributed by atoms with Gasteiger partial charge in [-0.25, -0.2) is 4.79 Å². The van der Waals surface area contributed by atoms with Gasteiger partial charge in [0.25, 0.3) is 11.6 Å². The van der Waals surface area contributed by atoms with Crippen molar-refractivity contribution in [3.8, 4) is 0 Å². The maximum absolute atomic E-state index is 13.6. The number of benzene rings is 3. The molecule has 0 aliphatic carbocycles. The van der Waals surface area contributed by atoms with Crippen LogP contribution in [0, 0.1) is 10.1 Å². The van der Waals surface area contributed by atoms with E-state index < -0.39 is 10.5 Å². The Morgan fingerprint density at radius 1 is 1.05 bits per heavy atom. The van der Waals surface area contributed by atoms with Crippen molar-refractivity contribution in [2.45, 2.75) is 32.0 Å². The number of nitrogens with zero attached hydrogens (tertiary/aromatic N) is 4. The normalized spacial score (nSPS) is 14.2. The highest BCUT2D eigenvalue weighted by atomic mass is 16.6. The lowest BCUT2D eigenvalue weighted by Crippen LogP contribution is -2.48. The Morgan fingerprint density at radius 2 is 1.74 bits per heavy atom. The lowest BCUT2D eigenvalue weighted by Gasteiger charge is -2.34. The van der Waals surface area contributed by atoms with E-state index in [1.807, 2.05) is 69.2 Å². The van der Waals surface area contributed by atoms with Crippen molar-refractivity contribution in [3.63, 3.8) is 0 Å². The molecule has 1 aromatic heterocycles. The molecule has 0 spiro atoms. The van der Waals surface area contributed by atoms with Crippen LogP contribution in [0.3, 0.4) is 0 Å². The Balaban J connectivity index is 1.29. The number of nitro groups is 1. The lowest BCUT2D eigenvalue weighted by atomic mass is 10.0. The van der Waals surface area contributed by atoms with Crippen molar-refractivity contribution in [2.75, 3.05) is 31.3 Å². The summed E-state index contributed by atoms with van der Waals surface area (Å²) >= 11 is 0. The Morgan fingerprint density at radius 3 is 2.42 bits per heavy atom. The van der Waals surface area contributed by atoms with Gasteiger partial charge in [-0.15, -0.1) is 0 Å². The number of carbonyl (C=O) groups excluding carboxylic acids is 2. The molecular weight excluding hydrogens is 548 g/mol. The summed E-state index contributed by atoms with van der Waals surface area (Å²) < 4.78 is 0. The molecule has 0 unspecified atom stereocenters. The number of aromatic nitrogens is 2. The molecule has 0 radical (unpaired) electrons. The number of fused-ring (bicyclic) bond motifs is 1. The molecular formula is C31H34N8O4. The number of hydrogen-bond donors (Lipinski definition) is 4. The fourth-order valence-corrected chi connectivity index (χ4v) is 5.21. The molecule has 4 N–H and O–H groups in total. The highest BCUT2D eigenvalue weighted by Crippen LogP contribution is 2.41. The van der Waals surface area contributed by atoms with Crippen LogP contribution in [-0.2, 0) is 12.1 Å². The molecule has 3 amide bonds. The van der Waals surface area contributed by atoms with Gasteiger partial charge < -0.3 is 25.8 Å². The summed E-state index contributed by atoms with van der Waals surface area (Å²) in [5.41, 5.74) is 3.56. The van der Waals surface area contributed by atoms with E-state index >= 15 is 0 Å². The summed E-state index contributed by atoms with van der Waals surface area (Å²) in [5.74, 6) is 0.198. The predicted molar refractivity (Wildman–Crippen MR) is 164 cm³/mol. The minimum atomic E-state index is -0.633. The number of hydrogen-bond acceptors (Lipinski definition) is 7. The number of anilines is 3. The third-order valence-electron chi connectivity index (χ3n) is 7.49. The third kappa shape index (κ3) is 6.33. The first-order chi connectivity index (χ1) is 20.5. The molecule has 12 heteroatoms. The summed E-state index contributed by atoms with van der Waals surface area (Å²) in [6.45, 7) is 4.98. The zero-order valence-corrected chi connectivity index (χ0v) is 24.4. The second-order valence-electron chi connectivity index (χ2n) is 11.2. The van der Waals surface area contributed by atoms with Crippen LogP contribution in [0.5, 0.6) is 0 Å². The maximum atomic E-state index is 13.6. The zero-order chi connectivity index (χ0) is 30.7. The van der Waals surface area contributed by atoms with Crippen molar-refractivity contribution < 1.29 is 14.5 Å². The van der Waals surface area contributed by atoms with Crippen LogP contribution in [0.2, 0.25) is 0 Å². The summed E-state index contributed by atoms with van der Waals surface area (Å²) in [6.07, 6.45) is 0. The van der Waals surface area contributed by atoms with Gasteiger partial charge in [0.2, 0.25) is 0 Å². The van der Waals surface area contributed by atoms with Gasteiger partial charge in [-0.05, 0) is 63.8 Å². The average molecular weight is 583 g/mol. The van der Waals surface area contributed by atoms with Crippen molar-refractivity contribution in [3.05, 3.63) is 111 Å². The van der Waals surface area contributed by atoms with Gasteiger partial charge in [0.05, 0.1) is 28.7 Å². The van der Waals surface area contributed by atoms with Crippen LogP contribution in [0.15, 0.2) is 78.9 Å². The van der Waals surface area contributed by atoms with Crippen molar-refractivity contribution >= 4 is 34.8 Å². The quantitative estimate of drug-likeness (QED) is 0.153. The minimum Gasteiger partial charge on any atom is -0.338 e. The second-order valence-corrected chi connectivity index (χ2v) is 11.2. The Labute approximate surface area is 249 Å². The van der Waals surface area contributed by atoms with Gasteiger partial charge in [-0.2, -0.15) is 5.10 Å². The summed E-state index contributed by atoms with van der Waals surface area (Å²) in [6, 6.07) is 22.1. The zero-order valence-electron chi connectivity index (χ0n) is 24.4. The molecule has 4 aromatic rings. The molecule has 43 heavy (non-hydrogen) atoms. The van der Waals surface area contributed by atoms with E-state index in [1.165, 1.54) is 24.3 Å². The molecule has 1 aliphatic heterocycles. The molecule has 5 rings (SSSR count). The maximum Gasteiger partial charge on any atom is 0.319 e. The van der Waals surface area contributed by atoms with Gasteiger partial charge in [-0.1, -0.05) is 36.4 Å². The summed E-state index contributed by atoms with van der Waals surface area (Å²) in [7, 11) is 3.96. The van der Waals surface area contributed by atoms with Gasteiger partial charge >= 0.3 is 6.03 Å². The van der Waals surface area contributed by atoms with Crippen LogP contribution < -0.4 is 16.0 Å². The number of aromatic amines is 1. The van der Waals surface area contributed by atoms with E-state index in [0.717, 1.165) is 16.8 Å². The van der Waals surface area contributed by atoms with Crippen LogP contribution in [-0.4, -0.2) is 57.5 Å². The number of non-ortho nitro benzene ring substituents is 1. The van der Waals surface area contributed by atoms with Crippen molar-refractivity contribution in [1.29, 1.82) is 0 Å². The predicted octanol–water partition coefficient (Wildman–Crippen LogP) is 5.38. The molecule has 0 bridgehead atoms. The number of rotatable bonds is 9. The monoisotopic (exact) mass is 582 g/mol. The first-order valence-corrected chi connectivity index (χ1v) is 13.8. The van der Waals surface area contributed by atoms with Gasteiger partial charge in [0, 0.05) is 41.2 Å². The first kappa shape index (κ1) is 29.3. The molecule has 1 aliphatic rings. The Kier molecular flexibility index (Phi) is 8.13. The average Bonchev–Trinajstić information content (AvgIpc) is 3.50. The van der Waals surface area contributed by atoms with Gasteiger partial charge in [0.1, 0.15) is 0 Å². The van der Waals surface area contributed by atoms with E-state index in [9.17, 15) is 19.7 Å². The molecule has 3 aromatic carbocycles. The number of H-pyrrole nitrogens is 1. The largest absolute Gasteiger partial charge is 0.338 e. The summed E-state index contributed by atoms with van der Waals surface area (Å²) in [5, 5.41) is 27.9. The van der Waals surface area contributed by atoms with E-state index in [4.69, 9.17) is 0 Å². The molecule has 2 heterocycles. The number of nitro benzene ring substituents is 1. The standard InChI is InChI=1S/C31H34N8O4/c1-31(2)27-25(18-38(31)30(41)34-26(19-37(3)4)20-9-6-5-7-10-20)28(36-35-27)32-22-11-8-12-23(17-22)33-29(40)21-13-15-24(16-14-21)39(42)43/h5-17,26H,18-19H2,1-4H3,(H,33,40)(H,34,41)(H2,32,35,36)/t26-/m1/s1. The molecule has 1 atom stereocenters. The van der Waals surface area contributed by atoms with Crippen molar-refractivity contribution in [1.82, 2.24) is 25.3 Å². The SMILES string of the molecule is CN(C)C[C@@H](NC(=O)N1Cc2c(Nc3cccc(NC(=O)c4ccc([N+](=O)[O-])cc4)c3)n[nH]c2C1(C)C)c1ccccc1. The van der Waals surface area contributed by atoms with Crippen LogP contribution in [0.4, 0.5) is 27.7 Å². The highest BCUT2D eigenvalue weighted by molar-refractivity contribution is 6.04. The van der Waals surface area contributed by atoms with Crippen LogP contribution in [0.25, 0.3) is 0 Å². The molecule has 0 saturated carbocycles. The summed E-state index contributed by atoms with van der Waals surface area (Å²) in [4.78, 5) is 40.6. The van der Waals surface area contributed by atoms with E-state index in [1.54, 1.807) is 23.1 Å². The van der Waals surface area contributed by atoms with Crippen molar-refractivity contribution in [2.24, 2.45) is 0 Å². The molecule has 222 valence electrons. The van der Waals surface area contributed by atoms with Gasteiger partial charge in [0.15, 0.2) is 5.82 Å². The molecule has 0 fully saturated rings. The van der Waals surface area contributed by atoms with E-state index in [0.29, 0.717) is 35.8 Å². The fraction of sp³-hybridized carbons (Fsp3) is 0.258. The fourth-order valence-electron chi connectivity index (χ4n) is 5.21. The first-order valence-electron chi connectivity index (χ1n) is 13.8. The Hall–Kier alpha value is -5.23. The number of nitrogens with one attached hydrogen (secondary N) is 4. The van der Waals surface area contributed by atoms with E-state index in [-0.39, 0.29) is 23.7 Å². The second kappa shape index (κ2) is 11.9. The number of amides is 3. The third-order valence-corrected chi connectivity index (χ3v) is 7.49. The van der Waals surface area contributed by atoms with Crippen LogP contribution >= 0.6 is 0 Å². The number of carbonyl (C=O) groups is 2. The number of urea groups is 1. The van der Waals surface area contributed by atoms with Crippen LogP contribution in [0.1, 0.15) is 47.1 Å². The highest BCUT2D eigenvalue weighted by Gasteiger charge is 2.44. The van der Waals surface area contributed by atoms with Gasteiger partial charge in [-0.3, -0.25) is 20.0 Å². The molecule has 12 nitrogen and oxygen atoms in total. The van der Waals surface area contributed by atoms with E-state index in [2.05, 4.69) is 26.1 Å². The topological polar surface area (TPSA) is 149 Å². The lowest BCUT2D eigenvalue weighted by molar-refractivity contribution is -0.384. The smallest absolute Gasteiger partial charge is 0.319 e. The molecule has 0 saturated heterocycles. The Bertz CT molecular complexity index is 1630.